The van der Waals surface area contributed by atoms with E-state index in [0.29, 0.717) is 24.6 Å². The van der Waals surface area contributed by atoms with Crippen LogP contribution in [0.15, 0.2) is 26.9 Å². The van der Waals surface area contributed by atoms with Gasteiger partial charge in [0.05, 0.1) is 12.6 Å². The summed E-state index contributed by atoms with van der Waals surface area (Å²) in [5.74, 6) is 1.37. The average Bonchev–Trinajstić information content (AvgIpc) is 3.07. The average molecular weight is 369 g/mol. The van der Waals surface area contributed by atoms with Gasteiger partial charge in [0.15, 0.2) is 10.9 Å². The Morgan fingerprint density at radius 1 is 1.40 bits per heavy atom. The molecular weight excluding hydrogens is 340 g/mol. The number of unbranched alkanes of at least 4 members (excludes halogenated alkanes) is 1. The lowest BCUT2D eigenvalue weighted by Crippen LogP contribution is -2.51. The van der Waals surface area contributed by atoms with Crippen molar-refractivity contribution in [2.45, 2.75) is 70.6 Å². The molecule has 25 heavy (non-hydrogen) atoms. The van der Waals surface area contributed by atoms with Gasteiger partial charge in [-0.25, -0.2) is 5.53 Å². The summed E-state index contributed by atoms with van der Waals surface area (Å²) in [5.41, 5.74) is 8.01. The zero-order chi connectivity index (χ0) is 18.1. The van der Waals surface area contributed by atoms with Crippen molar-refractivity contribution in [2.75, 3.05) is 12.4 Å². The molecule has 0 radical (unpaired) electrons. The summed E-state index contributed by atoms with van der Waals surface area (Å²) in [6.45, 7) is 4.79. The van der Waals surface area contributed by atoms with Crippen LogP contribution in [0.5, 0.6) is 0 Å². The molecule has 1 aliphatic carbocycles. The van der Waals surface area contributed by atoms with E-state index in [2.05, 4.69) is 39.8 Å². The number of amidine groups is 1. The molecule has 0 spiro atoms. The van der Waals surface area contributed by atoms with Crippen molar-refractivity contribution >= 4 is 16.9 Å². The number of thioether (sulfide) groups is 1. The van der Waals surface area contributed by atoms with Crippen molar-refractivity contribution in [3.8, 4) is 0 Å². The molecule has 1 saturated carbocycles. The summed E-state index contributed by atoms with van der Waals surface area (Å²) in [4.78, 5) is 15.2. The molecule has 0 saturated heterocycles. The second-order valence-corrected chi connectivity index (χ2v) is 7.37. The van der Waals surface area contributed by atoms with Gasteiger partial charge >= 0.3 is 0 Å². The lowest BCUT2D eigenvalue weighted by atomic mass is 10.2. The molecule has 8 nitrogen and oxygen atoms in total. The monoisotopic (exact) mass is 368 g/mol. The minimum Gasteiger partial charge on any atom is -0.476 e. The van der Waals surface area contributed by atoms with Gasteiger partial charge in [-0.15, -0.1) is 0 Å². The van der Waals surface area contributed by atoms with Gasteiger partial charge in [0.1, 0.15) is 6.17 Å². The van der Waals surface area contributed by atoms with E-state index in [1.54, 1.807) is 11.8 Å². The van der Waals surface area contributed by atoms with Gasteiger partial charge in [-0.3, -0.25) is 5.32 Å². The van der Waals surface area contributed by atoms with Crippen molar-refractivity contribution in [2.24, 2.45) is 15.3 Å². The maximum absolute atomic E-state index is 10.7. The predicted octanol–water partition coefficient (Wildman–Crippen LogP) is 3.71. The van der Waals surface area contributed by atoms with Crippen LogP contribution >= 0.6 is 11.8 Å². The Morgan fingerprint density at radius 2 is 2.24 bits per heavy atom. The Morgan fingerprint density at radius 3 is 2.88 bits per heavy atom. The molecule has 0 amide bonds. The Bertz CT molecular complexity index is 525. The molecule has 3 N–H and O–H groups in total. The third-order valence-corrected chi connectivity index (χ3v) is 5.31. The maximum Gasteiger partial charge on any atom is 0.243 e. The van der Waals surface area contributed by atoms with Crippen molar-refractivity contribution in [1.82, 2.24) is 10.6 Å². The fourth-order valence-corrected chi connectivity index (χ4v) is 3.61. The summed E-state index contributed by atoms with van der Waals surface area (Å²) in [7, 11) is 0. The highest BCUT2D eigenvalue weighted by atomic mass is 32.2. The number of aliphatic imine (C=N–C) groups is 1. The molecule has 2 rings (SSSR count). The molecule has 2 aliphatic rings. The maximum atomic E-state index is 10.7. The predicted molar refractivity (Wildman–Crippen MR) is 100 cm³/mol. The number of ether oxygens (including phenoxy) is 1. The van der Waals surface area contributed by atoms with Crippen LogP contribution in [0.1, 0.15) is 52.4 Å². The van der Waals surface area contributed by atoms with E-state index >= 15 is 0 Å². The zero-order valence-corrected chi connectivity index (χ0v) is 15.8. The third kappa shape index (κ3) is 5.78. The van der Waals surface area contributed by atoms with Crippen molar-refractivity contribution in [1.29, 1.82) is 5.53 Å². The molecule has 1 aliphatic heterocycles. The van der Waals surface area contributed by atoms with Crippen LogP contribution in [0.2, 0.25) is 0 Å². The molecule has 9 heteroatoms. The van der Waals surface area contributed by atoms with Gasteiger partial charge in [0.25, 0.3) is 0 Å². The van der Waals surface area contributed by atoms with E-state index in [-0.39, 0.29) is 18.2 Å². The first-order valence-electron chi connectivity index (χ1n) is 9.02. The van der Waals surface area contributed by atoms with Gasteiger partial charge < -0.3 is 10.1 Å². The molecule has 0 aromatic heterocycles. The van der Waals surface area contributed by atoms with Gasteiger partial charge in [-0.05, 0) is 32.1 Å². The van der Waals surface area contributed by atoms with Gasteiger partial charge in [-0.1, -0.05) is 37.2 Å². The lowest BCUT2D eigenvalue weighted by Gasteiger charge is -2.29. The Hall–Kier alpha value is -1.48. The number of nitroso groups, excluding NO2 is 1. The third-order valence-electron chi connectivity index (χ3n) is 4.22. The summed E-state index contributed by atoms with van der Waals surface area (Å²) in [6.07, 6.45) is 5.09. The van der Waals surface area contributed by atoms with Crippen LogP contribution in [0.3, 0.4) is 0 Å². The number of nitrogens with one attached hydrogen (secondary N) is 3. The van der Waals surface area contributed by atoms with E-state index in [0.717, 1.165) is 43.0 Å². The van der Waals surface area contributed by atoms with Crippen LogP contribution in [-0.4, -0.2) is 35.8 Å². The van der Waals surface area contributed by atoms with Gasteiger partial charge in [0, 0.05) is 11.8 Å². The Kier molecular flexibility index (Phi) is 8.33. The van der Waals surface area contributed by atoms with Crippen LogP contribution in [0, 0.1) is 10.4 Å². The standard InChI is InChI=1S/C16H28N6O2S/c1-3-5-8-24-15-13(21-17)14(19-16(20-15)25-9-4-2)18-11-6-7-12(10-11)22-23/h11-12,14,17-18H,3-10H2,1-2H3,(H,19,20)/t11-,12+,14?/m0/s1. The molecule has 0 bridgehead atoms. The van der Waals surface area contributed by atoms with Crippen LogP contribution in [-0.2, 0) is 4.74 Å². The molecule has 140 valence electrons. The number of hydrogen-bond acceptors (Lipinski definition) is 9. The van der Waals surface area contributed by atoms with Gasteiger partial charge in [-0.2, -0.15) is 15.0 Å². The molecule has 1 unspecified atom stereocenters. The Balaban J connectivity index is 2.10. The normalized spacial score (nSPS) is 26.2. The fourth-order valence-electron chi connectivity index (χ4n) is 2.86. The smallest absolute Gasteiger partial charge is 0.243 e. The number of rotatable bonds is 10. The first-order valence-corrected chi connectivity index (χ1v) is 10.0. The van der Waals surface area contributed by atoms with Crippen molar-refractivity contribution in [3.05, 3.63) is 16.5 Å². The molecule has 0 aromatic rings. The quantitative estimate of drug-likeness (QED) is 0.309. The minimum atomic E-state index is -0.332. The SMILES string of the molecule is CCCCOC1=C(N=N)C(N[C@H]2CC[C@@H](N=O)C2)NC(SCCC)=N1. The first-order chi connectivity index (χ1) is 12.2. The molecule has 0 aromatic carbocycles. The first kappa shape index (κ1) is 19.8. The highest BCUT2D eigenvalue weighted by molar-refractivity contribution is 8.13. The minimum absolute atomic E-state index is 0.121. The van der Waals surface area contributed by atoms with Gasteiger partial charge in [0.2, 0.25) is 5.88 Å². The van der Waals surface area contributed by atoms with Crippen molar-refractivity contribution < 1.29 is 4.74 Å². The van der Waals surface area contributed by atoms with Crippen molar-refractivity contribution in [3.63, 3.8) is 0 Å². The van der Waals surface area contributed by atoms with E-state index in [1.807, 2.05) is 0 Å². The zero-order valence-electron chi connectivity index (χ0n) is 15.0. The van der Waals surface area contributed by atoms with Crippen LogP contribution in [0.4, 0.5) is 0 Å². The summed E-state index contributed by atoms with van der Waals surface area (Å²) in [6, 6.07) is 0.0497. The number of nitrogens with zero attached hydrogens (tertiary/aromatic N) is 3. The van der Waals surface area contributed by atoms with E-state index in [1.165, 1.54) is 0 Å². The topological polar surface area (TPSA) is 111 Å². The second kappa shape index (κ2) is 10.5. The summed E-state index contributed by atoms with van der Waals surface area (Å²) < 4.78 is 5.79. The van der Waals surface area contributed by atoms with Crippen LogP contribution in [0.25, 0.3) is 0 Å². The fraction of sp³-hybridized carbons (Fsp3) is 0.812. The molecule has 3 atom stereocenters. The largest absolute Gasteiger partial charge is 0.476 e. The molecule has 1 fully saturated rings. The summed E-state index contributed by atoms with van der Waals surface area (Å²) >= 11 is 1.63. The molecule has 1 heterocycles. The lowest BCUT2D eigenvalue weighted by molar-refractivity contribution is 0.195. The highest BCUT2D eigenvalue weighted by Crippen LogP contribution is 2.26. The van der Waals surface area contributed by atoms with E-state index in [9.17, 15) is 4.91 Å². The summed E-state index contributed by atoms with van der Waals surface area (Å²) in [5, 5.41) is 14.4. The highest BCUT2D eigenvalue weighted by Gasteiger charge is 2.32. The number of hydrogen-bond donors (Lipinski definition) is 3. The van der Waals surface area contributed by atoms with Crippen LogP contribution < -0.4 is 10.6 Å². The molecular formula is C16H28N6O2S. The Labute approximate surface area is 153 Å². The van der Waals surface area contributed by atoms with E-state index < -0.39 is 0 Å². The van der Waals surface area contributed by atoms with E-state index in [4.69, 9.17) is 10.3 Å². The second-order valence-electron chi connectivity index (χ2n) is 6.28.